The van der Waals surface area contributed by atoms with Crippen LogP contribution < -0.4 is 5.32 Å². The van der Waals surface area contributed by atoms with E-state index in [1.807, 2.05) is 18.3 Å². The second kappa shape index (κ2) is 6.53. The number of hydrogen-bond donors (Lipinski definition) is 2. The van der Waals surface area contributed by atoms with Crippen molar-refractivity contribution in [3.05, 3.63) is 54.1 Å². The summed E-state index contributed by atoms with van der Waals surface area (Å²) in [6.07, 6.45) is 3.42. The summed E-state index contributed by atoms with van der Waals surface area (Å²) in [5.74, 6) is 0. The van der Waals surface area contributed by atoms with Crippen LogP contribution in [0, 0.1) is 6.57 Å². The number of aromatic amines is 1. The van der Waals surface area contributed by atoms with Gasteiger partial charge >= 0.3 is 0 Å². The van der Waals surface area contributed by atoms with Gasteiger partial charge in [0.2, 0.25) is 0 Å². The van der Waals surface area contributed by atoms with E-state index in [1.54, 1.807) is 24.4 Å². The van der Waals surface area contributed by atoms with Gasteiger partial charge in [0.15, 0.2) is 10.7 Å². The first-order valence-corrected chi connectivity index (χ1v) is 9.69. The lowest BCUT2D eigenvalue weighted by Crippen LogP contribution is -2.46. The fraction of sp³-hybridized carbons (Fsp3) is 0.222. The van der Waals surface area contributed by atoms with Crippen LogP contribution in [0.25, 0.3) is 26.9 Å². The van der Waals surface area contributed by atoms with Crippen molar-refractivity contribution in [1.29, 1.82) is 0 Å². The molecule has 0 amide bonds. The Kier molecular flexibility index (Phi) is 4.20. The second-order valence-electron chi connectivity index (χ2n) is 6.08. The maximum absolute atomic E-state index is 12.7. The summed E-state index contributed by atoms with van der Waals surface area (Å²) in [4.78, 5) is 10.8. The van der Waals surface area contributed by atoms with Gasteiger partial charge < -0.3 is 10.3 Å². The maximum atomic E-state index is 12.7. The molecular weight excluding hydrogens is 350 g/mol. The van der Waals surface area contributed by atoms with Crippen LogP contribution >= 0.6 is 0 Å². The Bertz CT molecular complexity index is 1090. The predicted molar refractivity (Wildman–Crippen MR) is 99.4 cm³/mol. The van der Waals surface area contributed by atoms with E-state index in [1.165, 1.54) is 4.31 Å². The lowest BCUT2D eigenvalue weighted by Gasteiger charge is -2.26. The van der Waals surface area contributed by atoms with Crippen molar-refractivity contribution in [1.82, 2.24) is 19.6 Å². The fourth-order valence-corrected chi connectivity index (χ4v) is 4.48. The molecule has 3 aromatic rings. The molecule has 1 fully saturated rings. The Morgan fingerprint density at radius 1 is 1.15 bits per heavy atom. The first-order chi connectivity index (χ1) is 12.6. The minimum atomic E-state index is -3.57. The Morgan fingerprint density at radius 3 is 2.65 bits per heavy atom. The lowest BCUT2D eigenvalue weighted by molar-refractivity contribution is 0.359. The van der Waals surface area contributed by atoms with Crippen molar-refractivity contribution in [2.45, 2.75) is 5.03 Å². The van der Waals surface area contributed by atoms with Crippen LogP contribution in [-0.4, -0.2) is 48.9 Å². The average Bonchev–Trinajstić information content (AvgIpc) is 3.12. The fourth-order valence-electron chi connectivity index (χ4n) is 3.13. The number of hydrogen-bond acceptors (Lipinski definition) is 4. The van der Waals surface area contributed by atoms with E-state index >= 15 is 0 Å². The van der Waals surface area contributed by atoms with Gasteiger partial charge in [-0.3, -0.25) is 0 Å². The maximum Gasteiger partial charge on any atom is 0.260 e. The van der Waals surface area contributed by atoms with E-state index < -0.39 is 10.0 Å². The van der Waals surface area contributed by atoms with E-state index in [4.69, 9.17) is 6.57 Å². The molecule has 0 unspecified atom stereocenters. The number of fused-ring (bicyclic) bond motifs is 1. The van der Waals surface area contributed by atoms with Crippen LogP contribution in [0.15, 0.2) is 47.8 Å². The van der Waals surface area contributed by atoms with Gasteiger partial charge in [-0.15, -0.1) is 0 Å². The summed E-state index contributed by atoms with van der Waals surface area (Å²) in [5.41, 5.74) is 3.18. The Balaban J connectivity index is 1.69. The molecule has 26 heavy (non-hydrogen) atoms. The molecule has 1 aliphatic rings. The van der Waals surface area contributed by atoms with Gasteiger partial charge in [-0.25, -0.2) is 18.2 Å². The summed E-state index contributed by atoms with van der Waals surface area (Å²) in [6, 6.07) is 8.75. The highest BCUT2D eigenvalue weighted by atomic mass is 32.2. The van der Waals surface area contributed by atoms with Crippen molar-refractivity contribution >= 4 is 26.6 Å². The number of aromatic nitrogens is 2. The normalized spacial score (nSPS) is 15.8. The van der Waals surface area contributed by atoms with E-state index in [9.17, 15) is 8.42 Å². The number of nitrogens with zero attached hydrogens (tertiary/aromatic N) is 3. The van der Waals surface area contributed by atoms with Crippen LogP contribution in [-0.2, 0) is 10.0 Å². The molecule has 2 aromatic heterocycles. The molecule has 3 heterocycles. The van der Waals surface area contributed by atoms with Gasteiger partial charge in [-0.2, -0.15) is 4.31 Å². The van der Waals surface area contributed by atoms with Gasteiger partial charge in [-0.1, -0.05) is 6.07 Å². The molecule has 1 aliphatic heterocycles. The summed E-state index contributed by atoms with van der Waals surface area (Å²) in [7, 11) is -3.57. The Labute approximate surface area is 151 Å². The summed E-state index contributed by atoms with van der Waals surface area (Å²) >= 11 is 0. The second-order valence-corrected chi connectivity index (χ2v) is 7.97. The van der Waals surface area contributed by atoms with Crippen molar-refractivity contribution in [2.75, 3.05) is 26.2 Å². The number of piperazine rings is 1. The standard InChI is InChI=1S/C18H17N5O2S/c1-19-14-3-4-17-15(10-14)16(12-21-17)13-2-5-18(22-11-13)26(24,25)23-8-6-20-7-9-23/h2-5,10-12,20-21H,6-9H2. The quantitative estimate of drug-likeness (QED) is 0.697. The molecule has 0 atom stereocenters. The van der Waals surface area contributed by atoms with Crippen molar-refractivity contribution in [3.63, 3.8) is 0 Å². The number of pyridine rings is 1. The zero-order chi connectivity index (χ0) is 18.1. The highest BCUT2D eigenvalue weighted by molar-refractivity contribution is 7.89. The molecule has 0 aliphatic carbocycles. The minimum absolute atomic E-state index is 0.0600. The zero-order valence-corrected chi connectivity index (χ0v) is 14.8. The summed E-state index contributed by atoms with van der Waals surface area (Å²) < 4.78 is 26.8. The highest BCUT2D eigenvalue weighted by Gasteiger charge is 2.27. The third-order valence-corrected chi connectivity index (χ3v) is 6.34. The van der Waals surface area contributed by atoms with E-state index in [0.717, 1.165) is 22.0 Å². The van der Waals surface area contributed by atoms with E-state index in [2.05, 4.69) is 20.1 Å². The Hall–Kier alpha value is -2.73. The van der Waals surface area contributed by atoms with Gasteiger partial charge in [0.1, 0.15) is 0 Å². The third kappa shape index (κ3) is 2.86. The molecule has 4 rings (SSSR count). The molecular formula is C18H17N5O2S. The molecule has 0 radical (unpaired) electrons. The van der Waals surface area contributed by atoms with Gasteiger partial charge in [0, 0.05) is 55.2 Å². The van der Waals surface area contributed by atoms with Crippen molar-refractivity contribution in [2.24, 2.45) is 0 Å². The molecule has 1 aromatic carbocycles. The van der Waals surface area contributed by atoms with Gasteiger partial charge in [-0.05, 0) is 29.7 Å². The van der Waals surface area contributed by atoms with Crippen LogP contribution in [0.5, 0.6) is 0 Å². The van der Waals surface area contributed by atoms with Gasteiger partial charge in [0.25, 0.3) is 10.0 Å². The topological polar surface area (TPSA) is 82.5 Å². The molecule has 0 saturated carbocycles. The largest absolute Gasteiger partial charge is 0.361 e. The molecule has 2 N–H and O–H groups in total. The molecule has 8 heteroatoms. The summed E-state index contributed by atoms with van der Waals surface area (Å²) in [5, 5.41) is 4.12. The number of sulfonamides is 1. The number of rotatable bonds is 3. The van der Waals surface area contributed by atoms with Crippen LogP contribution in [0.3, 0.4) is 0 Å². The molecule has 7 nitrogen and oxygen atoms in total. The van der Waals surface area contributed by atoms with Crippen molar-refractivity contribution in [3.8, 4) is 11.1 Å². The molecule has 0 bridgehead atoms. The molecule has 0 spiro atoms. The summed E-state index contributed by atoms with van der Waals surface area (Å²) in [6.45, 7) is 9.37. The number of H-pyrrole nitrogens is 1. The SMILES string of the molecule is [C-]#[N+]c1ccc2[nH]cc(-c3ccc(S(=O)(=O)N4CCNCC4)nc3)c2c1. The van der Waals surface area contributed by atoms with Crippen molar-refractivity contribution < 1.29 is 8.42 Å². The van der Waals surface area contributed by atoms with Crippen LogP contribution in [0.1, 0.15) is 0 Å². The Morgan fingerprint density at radius 2 is 1.96 bits per heavy atom. The predicted octanol–water partition coefficient (Wildman–Crippen LogP) is 2.37. The number of nitrogens with one attached hydrogen (secondary N) is 2. The zero-order valence-electron chi connectivity index (χ0n) is 13.9. The first kappa shape index (κ1) is 16.7. The van der Waals surface area contributed by atoms with E-state index in [-0.39, 0.29) is 5.03 Å². The minimum Gasteiger partial charge on any atom is -0.361 e. The molecule has 1 saturated heterocycles. The average molecular weight is 367 g/mol. The third-order valence-electron chi connectivity index (χ3n) is 4.52. The van der Waals surface area contributed by atoms with Crippen LogP contribution in [0.2, 0.25) is 0 Å². The first-order valence-electron chi connectivity index (χ1n) is 8.25. The monoisotopic (exact) mass is 367 g/mol. The number of benzene rings is 1. The van der Waals surface area contributed by atoms with Gasteiger partial charge in [0.05, 0.1) is 6.57 Å². The molecule has 132 valence electrons. The highest BCUT2D eigenvalue weighted by Crippen LogP contribution is 2.31. The lowest BCUT2D eigenvalue weighted by atomic mass is 10.1. The smallest absolute Gasteiger partial charge is 0.260 e. The van der Waals surface area contributed by atoms with E-state index in [0.29, 0.717) is 31.9 Å². The van der Waals surface area contributed by atoms with Crippen LogP contribution in [0.4, 0.5) is 5.69 Å².